The molecule has 1 unspecified atom stereocenters. The molecular formula is C14H18N2O5S2. The minimum Gasteiger partial charge on any atom is -0.495 e. The van der Waals surface area contributed by atoms with Gasteiger partial charge in [0.05, 0.1) is 13.0 Å². The Bertz CT molecular complexity index is 816. The van der Waals surface area contributed by atoms with Crippen LogP contribution in [0, 0.1) is 5.92 Å². The first kappa shape index (κ1) is 17.7. The van der Waals surface area contributed by atoms with E-state index in [2.05, 4.69) is 4.79 Å². The molecule has 0 N–H and O–H groups in total. The molecule has 0 saturated heterocycles. The van der Waals surface area contributed by atoms with Crippen molar-refractivity contribution >= 4 is 30.0 Å². The van der Waals surface area contributed by atoms with Crippen LogP contribution >= 0.6 is 0 Å². The van der Waals surface area contributed by atoms with Crippen LogP contribution < -0.4 is 0 Å². The average Bonchev–Trinajstić information content (AvgIpc) is 2.55. The van der Waals surface area contributed by atoms with Gasteiger partial charge in [-0.25, -0.2) is 8.42 Å². The normalized spacial score (nSPS) is 22.2. The van der Waals surface area contributed by atoms with Crippen molar-refractivity contribution in [3.63, 3.8) is 0 Å². The summed E-state index contributed by atoms with van der Waals surface area (Å²) in [6, 6.07) is 0. The van der Waals surface area contributed by atoms with Crippen molar-refractivity contribution in [2.24, 2.45) is 5.92 Å². The molecular weight excluding hydrogens is 340 g/mol. The fourth-order valence-electron chi connectivity index (χ4n) is 2.99. The average molecular weight is 358 g/mol. The summed E-state index contributed by atoms with van der Waals surface area (Å²) in [5.41, 5.74) is 9.27. The van der Waals surface area contributed by atoms with E-state index in [0.29, 0.717) is 12.8 Å². The highest BCUT2D eigenvalue weighted by Crippen LogP contribution is 2.29. The molecule has 0 heterocycles. The van der Waals surface area contributed by atoms with Crippen LogP contribution in [0.2, 0.25) is 0 Å². The SMILES string of the molecule is COC1=CC=CC(S(=O)(=O)C(=[N+]=[N-])C2CCCCC2)C1=S(=O)=O. The first-order valence-electron chi connectivity index (χ1n) is 7.28. The van der Waals surface area contributed by atoms with E-state index < -0.39 is 25.4 Å². The molecule has 2 aliphatic rings. The van der Waals surface area contributed by atoms with Crippen LogP contribution in [-0.2, 0) is 24.9 Å². The predicted octanol–water partition coefficient (Wildman–Crippen LogP) is 1.13. The summed E-state index contributed by atoms with van der Waals surface area (Å²) in [6.45, 7) is 0. The third-order valence-corrected chi connectivity index (χ3v) is 7.14. The van der Waals surface area contributed by atoms with Gasteiger partial charge in [-0.15, -0.1) is 0 Å². The van der Waals surface area contributed by atoms with E-state index in [1.807, 2.05) is 0 Å². The van der Waals surface area contributed by atoms with Crippen molar-refractivity contribution in [1.82, 2.24) is 0 Å². The van der Waals surface area contributed by atoms with Gasteiger partial charge in [-0.2, -0.15) is 13.2 Å². The van der Waals surface area contributed by atoms with Gasteiger partial charge in [0.25, 0.3) is 9.84 Å². The standard InChI is InChI=1S/C14H18N2O5S2/c1-21-11-8-5-9-12(13(11)22(17)18)23(19,20)14(16-15)10-6-3-2-4-7-10/h5,8-10,12H,2-4,6-7H2,1H3. The van der Waals surface area contributed by atoms with E-state index in [4.69, 9.17) is 4.74 Å². The van der Waals surface area contributed by atoms with E-state index in [-0.39, 0.29) is 21.6 Å². The number of ether oxygens (including phenoxy) is 1. The molecule has 23 heavy (non-hydrogen) atoms. The molecule has 2 aliphatic carbocycles. The van der Waals surface area contributed by atoms with Crippen molar-refractivity contribution < 1.29 is 26.4 Å². The van der Waals surface area contributed by atoms with Gasteiger partial charge in [0.1, 0.15) is 15.9 Å². The maximum atomic E-state index is 12.9. The monoisotopic (exact) mass is 358 g/mol. The van der Waals surface area contributed by atoms with Gasteiger partial charge in [0.15, 0.2) is 0 Å². The molecule has 7 nitrogen and oxygen atoms in total. The van der Waals surface area contributed by atoms with Gasteiger partial charge in [0, 0.05) is 0 Å². The fourth-order valence-corrected chi connectivity index (χ4v) is 5.96. The number of methoxy groups -OCH3 is 1. The van der Waals surface area contributed by atoms with Gasteiger partial charge >= 0.3 is 5.04 Å². The molecule has 0 spiro atoms. The summed E-state index contributed by atoms with van der Waals surface area (Å²) < 4.78 is 53.7. The Morgan fingerprint density at radius 2 is 1.96 bits per heavy atom. The first-order chi connectivity index (χ1) is 10.9. The Kier molecular flexibility index (Phi) is 5.56. The molecule has 0 aromatic carbocycles. The predicted molar refractivity (Wildman–Crippen MR) is 86.1 cm³/mol. The highest BCUT2D eigenvalue weighted by atomic mass is 32.2. The molecule has 0 aliphatic heterocycles. The third-order valence-electron chi connectivity index (χ3n) is 4.11. The zero-order valence-corrected chi connectivity index (χ0v) is 14.3. The van der Waals surface area contributed by atoms with Crippen LogP contribution in [0.1, 0.15) is 32.1 Å². The number of allylic oxidation sites excluding steroid dienone is 3. The maximum Gasteiger partial charge on any atom is 0.385 e. The largest absolute Gasteiger partial charge is 0.495 e. The van der Waals surface area contributed by atoms with Gasteiger partial charge in [0.2, 0.25) is 10.3 Å². The minimum absolute atomic E-state index is 0.0321. The first-order valence-corrected chi connectivity index (χ1v) is 9.90. The topological polar surface area (TPSA) is 114 Å². The Morgan fingerprint density at radius 3 is 2.48 bits per heavy atom. The lowest BCUT2D eigenvalue weighted by Crippen LogP contribution is -2.40. The molecule has 0 bridgehead atoms. The van der Waals surface area contributed by atoms with Gasteiger partial charge in [-0.05, 0) is 18.9 Å². The Labute approximate surface area is 136 Å². The smallest absolute Gasteiger partial charge is 0.385 e. The second kappa shape index (κ2) is 7.25. The van der Waals surface area contributed by atoms with E-state index in [0.717, 1.165) is 19.3 Å². The van der Waals surface area contributed by atoms with Crippen LogP contribution in [0.15, 0.2) is 24.0 Å². The summed E-state index contributed by atoms with van der Waals surface area (Å²) in [4.78, 5) is 2.65. The third kappa shape index (κ3) is 3.46. The van der Waals surface area contributed by atoms with E-state index >= 15 is 0 Å². The Morgan fingerprint density at radius 1 is 1.30 bits per heavy atom. The number of rotatable bonds is 3. The molecule has 1 fully saturated rings. The van der Waals surface area contributed by atoms with Crippen LogP contribution in [0.5, 0.6) is 0 Å². The van der Waals surface area contributed by atoms with Gasteiger partial charge in [-0.3, -0.25) is 0 Å². The van der Waals surface area contributed by atoms with Crippen molar-refractivity contribution in [2.75, 3.05) is 7.11 Å². The number of sulfone groups is 1. The fraction of sp³-hybridized carbons (Fsp3) is 0.571. The van der Waals surface area contributed by atoms with Gasteiger partial charge in [-0.1, -0.05) is 31.4 Å². The molecule has 1 atom stereocenters. The van der Waals surface area contributed by atoms with E-state index in [1.54, 1.807) is 0 Å². The lowest BCUT2D eigenvalue weighted by molar-refractivity contribution is -0.00904. The molecule has 2 rings (SSSR count). The molecule has 0 aromatic heterocycles. The summed E-state index contributed by atoms with van der Waals surface area (Å²) in [6.07, 6.45) is 8.00. The molecule has 0 amide bonds. The summed E-state index contributed by atoms with van der Waals surface area (Å²) in [5, 5.41) is -1.78. The minimum atomic E-state index is -4.15. The maximum absolute atomic E-state index is 12.9. The summed E-state index contributed by atoms with van der Waals surface area (Å²) in [7, 11) is -5.66. The number of nitrogens with zero attached hydrogens (tertiary/aromatic N) is 2. The summed E-state index contributed by atoms with van der Waals surface area (Å²) in [5.74, 6) is -0.416. The quantitative estimate of drug-likeness (QED) is 0.247. The van der Waals surface area contributed by atoms with Crippen molar-refractivity contribution in [3.05, 3.63) is 29.5 Å². The van der Waals surface area contributed by atoms with Crippen LogP contribution in [0.4, 0.5) is 0 Å². The molecule has 0 aromatic rings. The van der Waals surface area contributed by atoms with Gasteiger partial charge < -0.3 is 10.3 Å². The number of hydrogen-bond donors (Lipinski definition) is 0. The van der Waals surface area contributed by atoms with Crippen LogP contribution in [0.3, 0.4) is 0 Å². The van der Waals surface area contributed by atoms with E-state index in [9.17, 15) is 22.4 Å². The van der Waals surface area contributed by atoms with Crippen molar-refractivity contribution in [2.45, 2.75) is 37.4 Å². The second-order valence-corrected chi connectivity index (χ2v) is 8.38. The highest BCUT2D eigenvalue weighted by molar-refractivity contribution is 8.08. The van der Waals surface area contributed by atoms with E-state index in [1.165, 1.54) is 25.3 Å². The second-order valence-electron chi connectivity index (χ2n) is 5.46. The summed E-state index contributed by atoms with van der Waals surface area (Å²) >= 11 is 0. The Balaban J connectivity index is 2.50. The van der Waals surface area contributed by atoms with Crippen molar-refractivity contribution in [1.29, 1.82) is 0 Å². The lowest BCUT2D eigenvalue weighted by Gasteiger charge is -2.21. The van der Waals surface area contributed by atoms with Crippen LogP contribution in [-0.4, -0.2) is 43.9 Å². The molecule has 0 radical (unpaired) electrons. The molecule has 126 valence electrons. The lowest BCUT2D eigenvalue weighted by atomic mass is 9.90. The molecule has 9 heteroatoms. The number of hydrogen-bond acceptors (Lipinski definition) is 5. The highest BCUT2D eigenvalue weighted by Gasteiger charge is 2.45. The zero-order chi connectivity index (χ0) is 17.0. The zero-order valence-electron chi connectivity index (χ0n) is 12.7. The molecule has 1 saturated carbocycles. The van der Waals surface area contributed by atoms with Crippen LogP contribution in [0.25, 0.3) is 5.53 Å². The van der Waals surface area contributed by atoms with Crippen molar-refractivity contribution in [3.8, 4) is 0 Å². The Hall–Kier alpha value is -1.70.